The third-order valence-electron chi connectivity index (χ3n) is 6.45. The molecular formula is C30H18N4O4. The van der Waals surface area contributed by atoms with Crippen molar-refractivity contribution in [2.75, 3.05) is 0 Å². The van der Waals surface area contributed by atoms with Crippen LogP contribution in [-0.2, 0) is 9.59 Å². The molecule has 4 aromatic rings. The van der Waals surface area contributed by atoms with Crippen molar-refractivity contribution >= 4 is 71.1 Å². The van der Waals surface area contributed by atoms with Gasteiger partial charge in [0, 0.05) is 27.7 Å². The third kappa shape index (κ3) is 3.72. The fourth-order valence-corrected chi connectivity index (χ4v) is 4.84. The maximum atomic E-state index is 12.6. The van der Waals surface area contributed by atoms with Crippen LogP contribution in [0.25, 0.3) is 57.0 Å². The molecule has 0 spiro atoms. The van der Waals surface area contributed by atoms with E-state index in [-0.39, 0.29) is 27.9 Å². The number of hydrogen-bond donors (Lipinski definition) is 1. The number of H-pyrrole nitrogens is 1. The Kier molecular flexibility index (Phi) is 5.54. The van der Waals surface area contributed by atoms with Gasteiger partial charge >= 0.3 is 0 Å². The summed E-state index contributed by atoms with van der Waals surface area (Å²) in [6.07, 6.45) is 7.47. The molecule has 0 atom stereocenters. The summed E-state index contributed by atoms with van der Waals surface area (Å²) < 4.78 is 1.24. The first kappa shape index (κ1) is 22.9. The zero-order chi connectivity index (χ0) is 26.2. The van der Waals surface area contributed by atoms with Crippen molar-refractivity contribution in [2.45, 2.75) is 0 Å². The zero-order valence-electron chi connectivity index (χ0n) is 19.8. The molecule has 6 rings (SSSR count). The number of benzene rings is 1. The van der Waals surface area contributed by atoms with Crippen LogP contribution in [0.15, 0.2) is 60.7 Å². The Balaban J connectivity index is 1.90. The Morgan fingerprint density at radius 1 is 0.711 bits per heavy atom. The van der Waals surface area contributed by atoms with E-state index < -0.39 is 0 Å². The van der Waals surface area contributed by atoms with Crippen LogP contribution >= 0.6 is 0 Å². The van der Waals surface area contributed by atoms with Crippen molar-refractivity contribution < 1.29 is 19.2 Å². The Hall–Kier alpha value is -5.50. The first-order chi connectivity index (χ1) is 18.6. The van der Waals surface area contributed by atoms with Crippen molar-refractivity contribution in [3.63, 3.8) is 0 Å². The molecule has 0 radical (unpaired) electrons. The van der Waals surface area contributed by atoms with E-state index in [9.17, 15) is 19.2 Å². The maximum Gasteiger partial charge on any atom is 0.218 e. The molecule has 0 amide bonds. The first-order valence-electron chi connectivity index (χ1n) is 11.7. The highest BCUT2D eigenvalue weighted by Gasteiger charge is 2.24. The van der Waals surface area contributed by atoms with Crippen LogP contribution in [-0.4, -0.2) is 44.8 Å². The molecule has 1 aromatic carbocycles. The molecule has 2 aliphatic rings. The molecule has 1 N–H and O–H groups in total. The Bertz CT molecular complexity index is 1890. The molecule has 3 aromatic heterocycles. The SMILES string of the molecule is O=CC1=Cc2cc3ccc(cc4nc(cc5c(-c6ccccc6)c(C=O)c(c(C=O)c1n2)n5C=O)C=C4)[nH]3. The molecule has 0 saturated heterocycles. The van der Waals surface area contributed by atoms with Gasteiger partial charge in [-0.15, -0.1) is 0 Å². The van der Waals surface area contributed by atoms with Crippen molar-refractivity contribution in [3.8, 4) is 11.1 Å². The number of aromatic amines is 1. The lowest BCUT2D eigenvalue weighted by molar-refractivity contribution is -0.103. The number of aldehydes is 3. The van der Waals surface area contributed by atoms with Crippen molar-refractivity contribution in [2.24, 2.45) is 0 Å². The van der Waals surface area contributed by atoms with E-state index in [0.29, 0.717) is 59.0 Å². The van der Waals surface area contributed by atoms with Crippen LogP contribution in [0.1, 0.15) is 43.5 Å². The molecule has 38 heavy (non-hydrogen) atoms. The van der Waals surface area contributed by atoms with E-state index in [0.717, 1.165) is 11.0 Å². The molecular weight excluding hydrogens is 480 g/mol. The van der Waals surface area contributed by atoms with Crippen LogP contribution in [0.3, 0.4) is 0 Å². The molecule has 2 aliphatic heterocycles. The maximum absolute atomic E-state index is 12.6. The van der Waals surface area contributed by atoms with Gasteiger partial charge in [-0.2, -0.15) is 0 Å². The normalized spacial score (nSPS) is 12.2. The smallest absolute Gasteiger partial charge is 0.218 e. The molecule has 0 aliphatic carbocycles. The number of carbonyl (C=O) groups excluding carboxylic acids is 4. The molecule has 8 bridgehead atoms. The summed E-state index contributed by atoms with van der Waals surface area (Å²) >= 11 is 0. The fraction of sp³-hybridized carbons (Fsp3) is 0. The predicted molar refractivity (Wildman–Crippen MR) is 146 cm³/mol. The number of nitrogens with zero attached hydrogens (tertiary/aromatic N) is 3. The monoisotopic (exact) mass is 498 g/mol. The van der Waals surface area contributed by atoms with Crippen LogP contribution in [0, 0.1) is 0 Å². The van der Waals surface area contributed by atoms with Gasteiger partial charge in [-0.05, 0) is 54.1 Å². The van der Waals surface area contributed by atoms with Crippen molar-refractivity contribution in [3.05, 3.63) is 94.6 Å². The zero-order valence-corrected chi connectivity index (χ0v) is 19.8. The third-order valence-corrected chi connectivity index (χ3v) is 6.45. The number of fused-ring (bicyclic) bond motifs is 8. The Morgan fingerprint density at radius 2 is 1.39 bits per heavy atom. The van der Waals surface area contributed by atoms with E-state index in [1.165, 1.54) is 4.57 Å². The molecule has 5 heterocycles. The second-order valence-electron chi connectivity index (χ2n) is 8.71. The number of carbonyl (C=O) groups is 4. The van der Waals surface area contributed by atoms with E-state index in [4.69, 9.17) is 0 Å². The van der Waals surface area contributed by atoms with Gasteiger partial charge in [-0.25, -0.2) is 9.97 Å². The van der Waals surface area contributed by atoms with Crippen molar-refractivity contribution in [1.29, 1.82) is 0 Å². The Morgan fingerprint density at radius 3 is 2.05 bits per heavy atom. The molecule has 8 heteroatoms. The fourth-order valence-electron chi connectivity index (χ4n) is 4.84. The van der Waals surface area contributed by atoms with Crippen LogP contribution in [0.4, 0.5) is 0 Å². The number of rotatable bonds is 5. The molecule has 0 fully saturated rings. The van der Waals surface area contributed by atoms with Gasteiger partial charge in [0.25, 0.3) is 0 Å². The second-order valence-corrected chi connectivity index (χ2v) is 8.71. The lowest BCUT2D eigenvalue weighted by atomic mass is 10.0. The standard InChI is InChI=1S/C30H18N4O4/c35-14-19-10-24-12-22-7-6-20(31-22)11-21-8-9-23(32-21)13-27-28(18-4-2-1-3-5-18)25(15-36)30(34(27)17-38)26(16-37)29(19)33-24/h1-17,31H. The number of aromatic nitrogens is 4. The highest BCUT2D eigenvalue weighted by atomic mass is 16.1. The number of allylic oxidation sites excluding steroid dienone is 1. The van der Waals surface area contributed by atoms with Gasteiger partial charge in [-0.3, -0.25) is 23.7 Å². The average molecular weight is 498 g/mol. The van der Waals surface area contributed by atoms with Crippen LogP contribution < -0.4 is 0 Å². The second kappa shape index (κ2) is 9.18. The van der Waals surface area contributed by atoms with Crippen LogP contribution in [0.5, 0.6) is 0 Å². The largest absolute Gasteiger partial charge is 0.355 e. The van der Waals surface area contributed by atoms with E-state index in [1.54, 1.807) is 24.3 Å². The van der Waals surface area contributed by atoms with Gasteiger partial charge < -0.3 is 4.98 Å². The molecule has 8 nitrogen and oxygen atoms in total. The van der Waals surface area contributed by atoms with Crippen LogP contribution in [0.2, 0.25) is 0 Å². The van der Waals surface area contributed by atoms with Gasteiger partial charge in [-0.1, -0.05) is 30.3 Å². The minimum Gasteiger partial charge on any atom is -0.355 e. The quantitative estimate of drug-likeness (QED) is 0.340. The molecule has 182 valence electrons. The predicted octanol–water partition coefficient (Wildman–Crippen LogP) is 5.03. The summed E-state index contributed by atoms with van der Waals surface area (Å²) in [5.74, 6) is 0. The van der Waals surface area contributed by atoms with E-state index in [1.807, 2.05) is 54.6 Å². The highest BCUT2D eigenvalue weighted by Crippen LogP contribution is 2.36. The van der Waals surface area contributed by atoms with Gasteiger partial charge in [0.2, 0.25) is 6.41 Å². The van der Waals surface area contributed by atoms with Crippen molar-refractivity contribution in [1.82, 2.24) is 19.5 Å². The highest BCUT2D eigenvalue weighted by molar-refractivity contribution is 6.19. The van der Waals surface area contributed by atoms with E-state index >= 15 is 0 Å². The minimum atomic E-state index is -0.0541. The number of hydrogen-bond acceptors (Lipinski definition) is 6. The van der Waals surface area contributed by atoms with Gasteiger partial charge in [0.1, 0.15) is 0 Å². The summed E-state index contributed by atoms with van der Waals surface area (Å²) in [6, 6.07) is 18.1. The Labute approximate surface area is 215 Å². The first-order valence-corrected chi connectivity index (χ1v) is 11.7. The van der Waals surface area contributed by atoms with E-state index in [2.05, 4.69) is 15.0 Å². The minimum absolute atomic E-state index is 0.0513. The summed E-state index contributed by atoms with van der Waals surface area (Å²) in [5, 5.41) is 0. The number of nitrogens with one attached hydrogen (secondary N) is 1. The topological polar surface area (TPSA) is 115 Å². The molecule has 0 unspecified atom stereocenters. The lowest BCUT2D eigenvalue weighted by Gasteiger charge is -2.01. The summed E-state index contributed by atoms with van der Waals surface area (Å²) in [7, 11) is 0. The molecule has 0 saturated carbocycles. The summed E-state index contributed by atoms with van der Waals surface area (Å²) in [4.78, 5) is 62.2. The van der Waals surface area contributed by atoms with Gasteiger partial charge in [0.05, 0.1) is 39.4 Å². The van der Waals surface area contributed by atoms with Gasteiger partial charge in [0.15, 0.2) is 18.9 Å². The summed E-state index contributed by atoms with van der Waals surface area (Å²) in [5.41, 5.74) is 5.07. The summed E-state index contributed by atoms with van der Waals surface area (Å²) in [6.45, 7) is 0. The average Bonchev–Trinajstić information content (AvgIpc) is 3.72. The lowest BCUT2D eigenvalue weighted by Crippen LogP contribution is -2.01.